The van der Waals surface area contributed by atoms with Crippen LogP contribution in [0.2, 0.25) is 5.02 Å². The molecule has 106 valence electrons. The summed E-state index contributed by atoms with van der Waals surface area (Å²) in [7, 11) is 1.57. The number of aryl methyl sites for hydroxylation is 1. The van der Waals surface area contributed by atoms with Gasteiger partial charge in [-0.15, -0.1) is 0 Å². The number of methoxy groups -OCH3 is 1. The summed E-state index contributed by atoms with van der Waals surface area (Å²) in [6, 6.07) is 8.94. The molecule has 0 saturated carbocycles. The van der Waals surface area contributed by atoms with Gasteiger partial charge in [-0.05, 0) is 13.0 Å². The lowest BCUT2D eigenvalue weighted by Gasteiger charge is -2.17. The van der Waals surface area contributed by atoms with Crippen molar-refractivity contribution in [1.29, 1.82) is 0 Å². The average Bonchev–Trinajstić information content (AvgIpc) is 2.88. The number of nitrogens with one attached hydrogen (secondary N) is 1. The van der Waals surface area contributed by atoms with Crippen LogP contribution in [0.1, 0.15) is 27.9 Å². The van der Waals surface area contributed by atoms with E-state index >= 15 is 0 Å². The molecule has 1 unspecified atom stereocenters. The molecule has 1 aromatic carbocycles. The molecule has 20 heavy (non-hydrogen) atoms. The molecule has 0 aliphatic heterocycles. The molecule has 0 spiro atoms. The molecule has 0 saturated heterocycles. The quantitative estimate of drug-likeness (QED) is 0.921. The first-order valence-electron chi connectivity index (χ1n) is 6.10. The molecule has 6 heteroatoms. The van der Waals surface area contributed by atoms with Gasteiger partial charge in [0.05, 0.1) is 0 Å². The Labute approximate surface area is 121 Å². The fourth-order valence-corrected chi connectivity index (χ4v) is 2.06. The average molecular weight is 295 g/mol. The number of halogens is 1. The zero-order chi connectivity index (χ0) is 14.5. The fraction of sp³-hybridized carbons (Fsp3) is 0.286. The summed E-state index contributed by atoms with van der Waals surface area (Å²) in [6.07, 6.45) is -0.319. The second-order valence-electron chi connectivity index (χ2n) is 4.28. The molecule has 1 N–H and O–H groups in total. The summed E-state index contributed by atoms with van der Waals surface area (Å²) >= 11 is 6.11. The number of nitrogens with zero attached hydrogens (tertiary/aromatic N) is 1. The number of carbonyl (C=O) groups is 1. The van der Waals surface area contributed by atoms with E-state index in [0.29, 0.717) is 17.3 Å². The minimum absolute atomic E-state index is 0.247. The van der Waals surface area contributed by atoms with Crippen molar-refractivity contribution in [2.75, 3.05) is 13.7 Å². The van der Waals surface area contributed by atoms with Crippen molar-refractivity contribution in [3.8, 4) is 0 Å². The predicted molar refractivity (Wildman–Crippen MR) is 74.8 cm³/mol. The van der Waals surface area contributed by atoms with Crippen molar-refractivity contribution in [3.63, 3.8) is 0 Å². The van der Waals surface area contributed by atoms with Gasteiger partial charge < -0.3 is 14.6 Å². The van der Waals surface area contributed by atoms with Crippen LogP contribution in [0, 0.1) is 6.92 Å². The molecule has 1 heterocycles. The maximum absolute atomic E-state index is 11.9. The van der Waals surface area contributed by atoms with E-state index in [9.17, 15) is 4.79 Å². The van der Waals surface area contributed by atoms with Gasteiger partial charge in [0, 0.05) is 30.3 Å². The summed E-state index contributed by atoms with van der Waals surface area (Å²) < 4.78 is 10.2. The van der Waals surface area contributed by atoms with Gasteiger partial charge in [-0.3, -0.25) is 4.79 Å². The number of rotatable bonds is 5. The Balaban J connectivity index is 2.01. The normalized spacial score (nSPS) is 12.2. The van der Waals surface area contributed by atoms with Crippen molar-refractivity contribution >= 4 is 17.5 Å². The van der Waals surface area contributed by atoms with Crippen LogP contribution >= 0.6 is 11.6 Å². The smallest absolute Gasteiger partial charge is 0.273 e. The van der Waals surface area contributed by atoms with Gasteiger partial charge >= 0.3 is 0 Å². The summed E-state index contributed by atoms with van der Waals surface area (Å²) in [4.78, 5) is 11.9. The number of hydrogen-bond acceptors (Lipinski definition) is 4. The lowest BCUT2D eigenvalue weighted by atomic mass is 10.1. The van der Waals surface area contributed by atoms with E-state index < -0.39 is 0 Å². The number of amides is 1. The van der Waals surface area contributed by atoms with Gasteiger partial charge in [0.2, 0.25) is 0 Å². The van der Waals surface area contributed by atoms with Crippen LogP contribution in [0.4, 0.5) is 0 Å². The first kappa shape index (κ1) is 14.6. The molecule has 2 aromatic rings. The monoisotopic (exact) mass is 294 g/mol. The molecule has 1 amide bonds. The van der Waals surface area contributed by atoms with Gasteiger partial charge in [-0.1, -0.05) is 35.0 Å². The number of hydrogen-bond donors (Lipinski definition) is 1. The highest BCUT2D eigenvalue weighted by Crippen LogP contribution is 2.24. The first-order valence-corrected chi connectivity index (χ1v) is 6.48. The third-order valence-corrected chi connectivity index (χ3v) is 3.19. The lowest BCUT2D eigenvalue weighted by molar-refractivity contribution is 0.0821. The Kier molecular flexibility index (Phi) is 4.76. The molecule has 0 radical (unpaired) electrons. The minimum Gasteiger partial charge on any atom is -0.375 e. The van der Waals surface area contributed by atoms with Crippen molar-refractivity contribution in [2.45, 2.75) is 13.0 Å². The summed E-state index contributed by atoms with van der Waals surface area (Å²) in [5.74, 6) is 0.278. The second-order valence-corrected chi connectivity index (χ2v) is 4.69. The zero-order valence-corrected chi connectivity index (χ0v) is 12.0. The third kappa shape index (κ3) is 3.37. The van der Waals surface area contributed by atoms with Crippen molar-refractivity contribution < 1.29 is 14.1 Å². The zero-order valence-electron chi connectivity index (χ0n) is 11.2. The Morgan fingerprint density at radius 1 is 1.50 bits per heavy atom. The number of ether oxygens (including phenoxy) is 1. The van der Waals surface area contributed by atoms with E-state index in [1.807, 2.05) is 18.2 Å². The van der Waals surface area contributed by atoms with Crippen LogP contribution in [-0.4, -0.2) is 24.7 Å². The van der Waals surface area contributed by atoms with E-state index in [1.165, 1.54) is 0 Å². The molecular formula is C14H15ClN2O3. The van der Waals surface area contributed by atoms with Crippen LogP contribution in [0.3, 0.4) is 0 Å². The topological polar surface area (TPSA) is 64.4 Å². The highest BCUT2D eigenvalue weighted by Gasteiger charge is 2.17. The van der Waals surface area contributed by atoms with Crippen LogP contribution in [0.15, 0.2) is 34.9 Å². The molecule has 2 rings (SSSR count). The predicted octanol–water partition coefficient (Wildman–Crippen LogP) is 2.75. The fourth-order valence-electron chi connectivity index (χ4n) is 1.81. The van der Waals surface area contributed by atoms with E-state index in [-0.39, 0.29) is 17.7 Å². The molecular weight excluding hydrogens is 280 g/mol. The molecule has 1 atom stereocenters. The van der Waals surface area contributed by atoms with Crippen LogP contribution in [0.5, 0.6) is 0 Å². The SMILES string of the molecule is COC(CNC(=O)c1cc(C)on1)c1ccccc1Cl. The summed E-state index contributed by atoms with van der Waals surface area (Å²) in [5, 5.41) is 7.00. The second kappa shape index (κ2) is 6.54. The molecule has 5 nitrogen and oxygen atoms in total. The van der Waals surface area contributed by atoms with Gasteiger partial charge in [-0.2, -0.15) is 0 Å². The van der Waals surface area contributed by atoms with Gasteiger partial charge in [0.25, 0.3) is 5.91 Å². The molecule has 0 fully saturated rings. The maximum atomic E-state index is 11.9. The Hall–Kier alpha value is -1.85. The van der Waals surface area contributed by atoms with Gasteiger partial charge in [0.1, 0.15) is 11.9 Å². The van der Waals surface area contributed by atoms with E-state index in [0.717, 1.165) is 5.56 Å². The van der Waals surface area contributed by atoms with Crippen LogP contribution < -0.4 is 5.32 Å². The van der Waals surface area contributed by atoms with E-state index in [4.69, 9.17) is 20.9 Å². The number of benzene rings is 1. The Morgan fingerprint density at radius 2 is 2.25 bits per heavy atom. The Morgan fingerprint density at radius 3 is 2.85 bits per heavy atom. The molecule has 0 aliphatic rings. The largest absolute Gasteiger partial charge is 0.375 e. The van der Waals surface area contributed by atoms with Crippen molar-refractivity contribution in [3.05, 3.63) is 52.4 Å². The van der Waals surface area contributed by atoms with Gasteiger partial charge in [-0.25, -0.2) is 0 Å². The van der Waals surface area contributed by atoms with Crippen LogP contribution in [0.25, 0.3) is 0 Å². The van der Waals surface area contributed by atoms with Crippen LogP contribution in [-0.2, 0) is 4.74 Å². The summed E-state index contributed by atoms with van der Waals surface area (Å²) in [6.45, 7) is 2.02. The Bertz CT molecular complexity index is 598. The lowest BCUT2D eigenvalue weighted by Crippen LogP contribution is -2.29. The molecule has 0 aliphatic carbocycles. The highest BCUT2D eigenvalue weighted by molar-refractivity contribution is 6.31. The summed E-state index contributed by atoms with van der Waals surface area (Å²) in [5.41, 5.74) is 1.07. The molecule has 0 bridgehead atoms. The number of carbonyl (C=O) groups excluding carboxylic acids is 1. The standard InChI is InChI=1S/C14H15ClN2O3/c1-9-7-12(17-20-9)14(18)16-8-13(19-2)10-5-3-4-6-11(10)15/h3-7,13H,8H2,1-2H3,(H,16,18). The maximum Gasteiger partial charge on any atom is 0.273 e. The highest BCUT2D eigenvalue weighted by atomic mass is 35.5. The molecule has 1 aromatic heterocycles. The van der Waals surface area contributed by atoms with E-state index in [1.54, 1.807) is 26.2 Å². The van der Waals surface area contributed by atoms with Crippen molar-refractivity contribution in [1.82, 2.24) is 10.5 Å². The number of aromatic nitrogens is 1. The minimum atomic E-state index is -0.319. The van der Waals surface area contributed by atoms with Crippen molar-refractivity contribution in [2.24, 2.45) is 0 Å². The third-order valence-electron chi connectivity index (χ3n) is 2.85. The van der Waals surface area contributed by atoms with E-state index in [2.05, 4.69) is 10.5 Å². The van der Waals surface area contributed by atoms with Gasteiger partial charge in [0.15, 0.2) is 5.69 Å². The first-order chi connectivity index (χ1) is 9.61.